The van der Waals surface area contributed by atoms with E-state index in [-0.39, 0.29) is 18.6 Å². The summed E-state index contributed by atoms with van der Waals surface area (Å²) in [5.41, 5.74) is 0.199. The highest BCUT2D eigenvalue weighted by atomic mass is 32.1. The number of hydrogen-bond donors (Lipinski definition) is 1. The minimum atomic E-state index is -4.76. The number of aryl methyl sites for hydroxylation is 2. The molecule has 11 heteroatoms. The molecule has 0 aliphatic heterocycles. The average molecular weight is 497 g/mol. The van der Waals surface area contributed by atoms with Gasteiger partial charge in [-0.25, -0.2) is 14.4 Å². The van der Waals surface area contributed by atoms with E-state index in [2.05, 4.69) is 9.97 Å². The van der Waals surface area contributed by atoms with E-state index >= 15 is 0 Å². The van der Waals surface area contributed by atoms with Crippen LogP contribution >= 0.6 is 22.7 Å². The lowest BCUT2D eigenvalue weighted by atomic mass is 10.1. The van der Waals surface area contributed by atoms with Crippen LogP contribution in [0.1, 0.15) is 27.6 Å². The molecule has 0 saturated heterocycles. The molecule has 0 atom stereocenters. The standard InChI is InChI=1S/C22H16F4N2O3S2/c1-11-17(33-21(27-11)12-5-6-13(14(23)9-12)22(24,25)26)10-31-15-3-2-4-16-20(15)28-18(32-16)7-8-19(29)30/h2-6,9H,7-8,10H2,1H3,(H,29,30). The number of nitrogens with zero attached hydrogens (tertiary/aromatic N) is 2. The maximum absolute atomic E-state index is 14.0. The van der Waals surface area contributed by atoms with Gasteiger partial charge in [-0.15, -0.1) is 22.7 Å². The Morgan fingerprint density at radius 1 is 1.15 bits per heavy atom. The minimum absolute atomic E-state index is 0.0105. The van der Waals surface area contributed by atoms with E-state index in [0.717, 1.165) is 15.6 Å². The van der Waals surface area contributed by atoms with Crippen molar-refractivity contribution in [2.24, 2.45) is 0 Å². The largest absolute Gasteiger partial charge is 0.486 e. The van der Waals surface area contributed by atoms with Gasteiger partial charge in [-0.3, -0.25) is 4.79 Å². The van der Waals surface area contributed by atoms with Gasteiger partial charge in [0.15, 0.2) is 0 Å². The summed E-state index contributed by atoms with van der Waals surface area (Å²) in [6, 6.07) is 8.18. The van der Waals surface area contributed by atoms with Crippen LogP contribution in [0.25, 0.3) is 20.8 Å². The van der Waals surface area contributed by atoms with E-state index in [1.165, 1.54) is 28.7 Å². The number of ether oxygens (including phenoxy) is 1. The lowest BCUT2D eigenvalue weighted by Crippen LogP contribution is -2.07. The lowest BCUT2D eigenvalue weighted by molar-refractivity contribution is -0.140. The number of halogens is 4. The Kier molecular flexibility index (Phi) is 6.35. The number of hydrogen-bond acceptors (Lipinski definition) is 6. The fraction of sp³-hybridized carbons (Fsp3) is 0.227. The molecule has 0 bridgehead atoms. The third kappa shape index (κ3) is 5.14. The molecule has 0 aliphatic rings. The molecule has 2 aromatic heterocycles. The van der Waals surface area contributed by atoms with Gasteiger partial charge >= 0.3 is 12.1 Å². The predicted molar refractivity (Wildman–Crippen MR) is 117 cm³/mol. The SMILES string of the molecule is Cc1nc(-c2ccc(C(F)(F)F)c(F)c2)sc1COc1cccc2sc(CCC(=O)O)nc12. The van der Waals surface area contributed by atoms with Crippen molar-refractivity contribution in [2.45, 2.75) is 32.5 Å². The van der Waals surface area contributed by atoms with Gasteiger partial charge in [-0.1, -0.05) is 12.1 Å². The monoisotopic (exact) mass is 496 g/mol. The molecular weight excluding hydrogens is 480 g/mol. The van der Waals surface area contributed by atoms with Crippen LogP contribution in [-0.2, 0) is 24.0 Å². The smallest absolute Gasteiger partial charge is 0.419 e. The van der Waals surface area contributed by atoms with Gasteiger partial charge in [0, 0.05) is 12.0 Å². The first-order valence-corrected chi connectivity index (χ1v) is 11.3. The zero-order chi connectivity index (χ0) is 23.8. The summed E-state index contributed by atoms with van der Waals surface area (Å²) in [6.45, 7) is 1.89. The molecule has 1 N–H and O–H groups in total. The summed E-state index contributed by atoms with van der Waals surface area (Å²) in [6.07, 6.45) is -4.44. The quantitative estimate of drug-likeness (QED) is 0.297. The third-order valence-electron chi connectivity index (χ3n) is 4.75. The molecule has 0 saturated carbocycles. The number of carbonyl (C=O) groups is 1. The summed E-state index contributed by atoms with van der Waals surface area (Å²) in [4.78, 5) is 20.4. The summed E-state index contributed by atoms with van der Waals surface area (Å²) >= 11 is 2.61. The molecule has 2 aromatic carbocycles. The van der Waals surface area contributed by atoms with Crippen molar-refractivity contribution in [2.75, 3.05) is 0 Å². The summed E-state index contributed by atoms with van der Waals surface area (Å²) in [5.74, 6) is -1.71. The number of para-hydroxylation sites is 1. The number of aromatic nitrogens is 2. The molecule has 0 spiro atoms. The summed E-state index contributed by atoms with van der Waals surface area (Å²) < 4.78 is 59.2. The first-order chi connectivity index (χ1) is 15.6. The first kappa shape index (κ1) is 23.1. The van der Waals surface area contributed by atoms with Crippen LogP contribution in [0, 0.1) is 12.7 Å². The Balaban J connectivity index is 1.53. The van der Waals surface area contributed by atoms with Gasteiger partial charge in [-0.05, 0) is 31.2 Å². The molecule has 4 rings (SSSR count). The maximum Gasteiger partial charge on any atom is 0.419 e. The zero-order valence-corrected chi connectivity index (χ0v) is 18.7. The highest BCUT2D eigenvalue weighted by Crippen LogP contribution is 2.36. The Morgan fingerprint density at radius 2 is 1.94 bits per heavy atom. The van der Waals surface area contributed by atoms with E-state index in [1.807, 2.05) is 12.1 Å². The van der Waals surface area contributed by atoms with Crippen molar-refractivity contribution in [3.8, 4) is 16.3 Å². The molecule has 5 nitrogen and oxygen atoms in total. The number of alkyl halides is 3. The fourth-order valence-corrected chi connectivity index (χ4v) is 5.07. The second kappa shape index (κ2) is 9.06. The number of carboxylic acid groups (broad SMARTS) is 1. The molecule has 33 heavy (non-hydrogen) atoms. The Morgan fingerprint density at radius 3 is 2.64 bits per heavy atom. The van der Waals surface area contributed by atoms with Gasteiger partial charge in [-0.2, -0.15) is 13.2 Å². The lowest BCUT2D eigenvalue weighted by Gasteiger charge is -2.08. The average Bonchev–Trinajstić information content (AvgIpc) is 3.33. The van der Waals surface area contributed by atoms with E-state index in [0.29, 0.717) is 39.5 Å². The normalized spacial score (nSPS) is 11.8. The van der Waals surface area contributed by atoms with Gasteiger partial charge in [0.2, 0.25) is 0 Å². The van der Waals surface area contributed by atoms with Crippen molar-refractivity contribution in [3.63, 3.8) is 0 Å². The van der Waals surface area contributed by atoms with Crippen LogP contribution in [0.2, 0.25) is 0 Å². The van der Waals surface area contributed by atoms with E-state index in [1.54, 1.807) is 13.0 Å². The minimum Gasteiger partial charge on any atom is -0.486 e. The highest BCUT2D eigenvalue weighted by molar-refractivity contribution is 7.18. The highest BCUT2D eigenvalue weighted by Gasteiger charge is 2.34. The molecule has 172 valence electrons. The van der Waals surface area contributed by atoms with Crippen molar-refractivity contribution >= 4 is 38.9 Å². The van der Waals surface area contributed by atoms with Crippen LogP contribution < -0.4 is 4.74 Å². The molecule has 0 radical (unpaired) electrons. The predicted octanol–water partition coefficient (Wildman–Crippen LogP) is 6.48. The molecule has 2 heterocycles. The number of carboxylic acids is 1. The van der Waals surface area contributed by atoms with Crippen molar-refractivity contribution < 1.29 is 32.2 Å². The van der Waals surface area contributed by atoms with E-state index in [4.69, 9.17) is 9.84 Å². The number of aliphatic carboxylic acids is 1. The number of benzene rings is 2. The van der Waals surface area contributed by atoms with Crippen LogP contribution in [0.5, 0.6) is 5.75 Å². The Bertz CT molecular complexity index is 1330. The Hall–Kier alpha value is -3.05. The van der Waals surface area contributed by atoms with Gasteiger partial charge in [0.05, 0.1) is 32.3 Å². The van der Waals surface area contributed by atoms with E-state index < -0.39 is 23.5 Å². The number of thiazole rings is 2. The van der Waals surface area contributed by atoms with Crippen molar-refractivity contribution in [1.29, 1.82) is 0 Å². The molecule has 0 fully saturated rings. The molecular formula is C22H16F4N2O3S2. The van der Waals surface area contributed by atoms with Crippen LogP contribution in [0.4, 0.5) is 17.6 Å². The van der Waals surface area contributed by atoms with Crippen molar-refractivity contribution in [3.05, 3.63) is 63.4 Å². The van der Waals surface area contributed by atoms with Crippen molar-refractivity contribution in [1.82, 2.24) is 9.97 Å². The second-order valence-electron chi connectivity index (χ2n) is 7.11. The zero-order valence-electron chi connectivity index (χ0n) is 17.1. The first-order valence-electron chi connectivity index (χ1n) is 9.68. The molecule has 0 amide bonds. The van der Waals surface area contributed by atoms with Gasteiger partial charge in [0.25, 0.3) is 0 Å². The summed E-state index contributed by atoms with van der Waals surface area (Å²) in [7, 11) is 0. The van der Waals surface area contributed by atoms with Crippen LogP contribution in [0.15, 0.2) is 36.4 Å². The van der Waals surface area contributed by atoms with Crippen LogP contribution in [0.3, 0.4) is 0 Å². The molecule has 0 unspecified atom stereocenters. The molecule has 0 aliphatic carbocycles. The second-order valence-corrected chi connectivity index (χ2v) is 9.31. The van der Waals surface area contributed by atoms with Gasteiger partial charge in [0.1, 0.15) is 28.7 Å². The number of fused-ring (bicyclic) bond motifs is 1. The fourth-order valence-electron chi connectivity index (χ4n) is 3.11. The topological polar surface area (TPSA) is 72.3 Å². The third-order valence-corrected chi connectivity index (χ3v) is 7.01. The van der Waals surface area contributed by atoms with Gasteiger partial charge < -0.3 is 9.84 Å². The van der Waals surface area contributed by atoms with E-state index in [9.17, 15) is 22.4 Å². The summed E-state index contributed by atoms with van der Waals surface area (Å²) in [5, 5.41) is 9.95. The Labute approximate surface area is 193 Å². The number of rotatable bonds is 7. The maximum atomic E-state index is 14.0. The van der Waals surface area contributed by atoms with Crippen LogP contribution in [-0.4, -0.2) is 21.0 Å². The molecule has 4 aromatic rings.